The molecular formula is C17H28N2O5. The number of aliphatic hydroxyl groups is 1. The van der Waals surface area contributed by atoms with Gasteiger partial charge in [-0.3, -0.25) is 4.79 Å². The molecule has 0 radical (unpaired) electrons. The monoisotopic (exact) mass is 340 g/mol. The molecule has 4 aliphatic rings. The molecule has 136 valence electrons. The molecule has 4 aliphatic carbocycles. The number of rotatable bonds is 4. The molecule has 3 unspecified atom stereocenters. The zero-order valence-electron chi connectivity index (χ0n) is 14.6. The SMILES string of the molecule is CC(C)(C)OC(=O)C1C2(O)CC3CC(C2)CC1(NCC(=O)ON)C3. The van der Waals surface area contributed by atoms with E-state index in [2.05, 4.69) is 10.2 Å². The molecule has 0 aromatic carbocycles. The van der Waals surface area contributed by atoms with Gasteiger partial charge in [0.1, 0.15) is 11.5 Å². The Morgan fingerprint density at radius 3 is 2.29 bits per heavy atom. The van der Waals surface area contributed by atoms with Gasteiger partial charge in [-0.05, 0) is 64.7 Å². The molecule has 4 N–H and O–H groups in total. The summed E-state index contributed by atoms with van der Waals surface area (Å²) in [7, 11) is 0. The Balaban J connectivity index is 1.90. The predicted molar refractivity (Wildman–Crippen MR) is 85.4 cm³/mol. The summed E-state index contributed by atoms with van der Waals surface area (Å²) in [6.45, 7) is 5.37. The van der Waals surface area contributed by atoms with Gasteiger partial charge in [0, 0.05) is 5.54 Å². The Labute approximate surface area is 142 Å². The third-order valence-electron chi connectivity index (χ3n) is 5.71. The third kappa shape index (κ3) is 3.05. The van der Waals surface area contributed by atoms with Gasteiger partial charge in [0.15, 0.2) is 0 Å². The number of nitrogens with two attached hydrogens (primary N) is 1. The standard InChI is InChI=1S/C17H28N2O5/c1-15(2,3)23-14(21)13-16(19-9-12(20)24-18)5-10-4-11(6-16)8-17(13,22)7-10/h10-11,13,19,22H,4-9,18H2,1-3H3. The van der Waals surface area contributed by atoms with Crippen LogP contribution in [-0.4, -0.2) is 40.3 Å². The zero-order valence-corrected chi connectivity index (χ0v) is 14.6. The number of ether oxygens (including phenoxy) is 1. The number of hydrogen-bond acceptors (Lipinski definition) is 7. The molecule has 4 bridgehead atoms. The smallest absolute Gasteiger partial charge is 0.338 e. The van der Waals surface area contributed by atoms with Gasteiger partial charge in [-0.1, -0.05) is 0 Å². The maximum Gasteiger partial charge on any atom is 0.338 e. The van der Waals surface area contributed by atoms with Crippen LogP contribution in [0.5, 0.6) is 0 Å². The number of carbonyl (C=O) groups is 2. The highest BCUT2D eigenvalue weighted by Gasteiger charge is 2.66. The lowest BCUT2D eigenvalue weighted by molar-refractivity contribution is -0.215. The molecule has 7 heteroatoms. The quantitative estimate of drug-likeness (QED) is 0.509. The first kappa shape index (κ1) is 17.6. The summed E-state index contributed by atoms with van der Waals surface area (Å²) in [5, 5.41) is 14.4. The minimum atomic E-state index is -1.06. The highest BCUT2D eigenvalue weighted by molar-refractivity contribution is 5.77. The molecule has 0 aromatic rings. The number of hydrogen-bond donors (Lipinski definition) is 3. The van der Waals surface area contributed by atoms with Crippen molar-refractivity contribution in [3.63, 3.8) is 0 Å². The summed E-state index contributed by atoms with van der Waals surface area (Å²) >= 11 is 0. The molecule has 4 rings (SSSR count). The van der Waals surface area contributed by atoms with Crippen molar-refractivity contribution in [3.05, 3.63) is 0 Å². The van der Waals surface area contributed by atoms with E-state index in [0.29, 0.717) is 24.7 Å². The largest absolute Gasteiger partial charge is 0.460 e. The third-order valence-corrected chi connectivity index (χ3v) is 5.71. The average Bonchev–Trinajstić information content (AvgIpc) is 2.40. The number of nitrogens with one attached hydrogen (secondary N) is 1. The molecule has 4 saturated carbocycles. The van der Waals surface area contributed by atoms with Crippen molar-refractivity contribution in [2.75, 3.05) is 6.54 Å². The van der Waals surface area contributed by atoms with Crippen molar-refractivity contribution in [1.29, 1.82) is 0 Å². The summed E-state index contributed by atoms with van der Waals surface area (Å²) in [6, 6.07) is 0. The van der Waals surface area contributed by atoms with E-state index in [1.165, 1.54) is 0 Å². The second-order valence-electron chi connectivity index (χ2n) is 8.85. The molecule has 0 aromatic heterocycles. The molecule has 24 heavy (non-hydrogen) atoms. The Morgan fingerprint density at radius 2 is 1.79 bits per heavy atom. The van der Waals surface area contributed by atoms with Crippen LogP contribution in [0.25, 0.3) is 0 Å². The lowest BCUT2D eigenvalue weighted by atomic mass is 9.46. The molecule has 0 aliphatic heterocycles. The van der Waals surface area contributed by atoms with Gasteiger partial charge in [-0.25, -0.2) is 4.79 Å². The highest BCUT2D eigenvalue weighted by Crippen LogP contribution is 2.60. The maximum absolute atomic E-state index is 12.9. The lowest BCUT2D eigenvalue weighted by Gasteiger charge is -2.63. The fourth-order valence-corrected chi connectivity index (χ4v) is 5.47. The molecule has 0 heterocycles. The Bertz CT molecular complexity index is 528. The summed E-state index contributed by atoms with van der Waals surface area (Å²) in [5.74, 6) is 4.00. The van der Waals surface area contributed by atoms with E-state index in [1.54, 1.807) is 0 Å². The van der Waals surface area contributed by atoms with E-state index in [9.17, 15) is 14.7 Å². The topological polar surface area (TPSA) is 111 Å². The Morgan fingerprint density at radius 1 is 1.21 bits per heavy atom. The van der Waals surface area contributed by atoms with Gasteiger partial charge in [0.05, 0.1) is 12.1 Å². The average molecular weight is 340 g/mol. The van der Waals surface area contributed by atoms with Crippen molar-refractivity contribution in [1.82, 2.24) is 5.32 Å². The second kappa shape index (κ2) is 5.68. The minimum Gasteiger partial charge on any atom is -0.460 e. The number of carbonyl (C=O) groups excluding carboxylic acids is 2. The van der Waals surface area contributed by atoms with Gasteiger partial charge < -0.3 is 20.0 Å². The normalized spacial score (nSPS) is 40.5. The van der Waals surface area contributed by atoms with Gasteiger partial charge in [0.25, 0.3) is 0 Å². The fourth-order valence-electron chi connectivity index (χ4n) is 5.47. The highest BCUT2D eigenvalue weighted by atomic mass is 16.7. The summed E-state index contributed by atoms with van der Waals surface area (Å²) in [6.07, 6.45) is 3.84. The van der Waals surface area contributed by atoms with Crippen molar-refractivity contribution in [3.8, 4) is 0 Å². The first-order valence-corrected chi connectivity index (χ1v) is 8.67. The van der Waals surface area contributed by atoms with Crippen molar-refractivity contribution in [2.45, 2.75) is 69.6 Å². The van der Waals surface area contributed by atoms with E-state index in [1.807, 2.05) is 20.8 Å². The van der Waals surface area contributed by atoms with Crippen molar-refractivity contribution < 1.29 is 24.3 Å². The molecule has 0 spiro atoms. The van der Waals surface area contributed by atoms with Crippen LogP contribution in [0.4, 0.5) is 0 Å². The van der Waals surface area contributed by atoms with Crippen LogP contribution in [0.2, 0.25) is 0 Å². The summed E-state index contributed by atoms with van der Waals surface area (Å²) in [5.41, 5.74) is -2.32. The van der Waals surface area contributed by atoms with E-state index in [0.717, 1.165) is 19.3 Å². The molecule has 3 atom stereocenters. The molecule has 0 amide bonds. The van der Waals surface area contributed by atoms with Gasteiger partial charge in [-0.15, -0.1) is 0 Å². The molecule has 7 nitrogen and oxygen atoms in total. The van der Waals surface area contributed by atoms with Crippen molar-refractivity contribution >= 4 is 11.9 Å². The van der Waals surface area contributed by atoms with E-state index >= 15 is 0 Å². The fraction of sp³-hybridized carbons (Fsp3) is 0.882. The maximum atomic E-state index is 12.9. The Hall–Kier alpha value is -1.18. The molecule has 4 fully saturated rings. The van der Waals surface area contributed by atoms with E-state index in [-0.39, 0.29) is 6.54 Å². The van der Waals surface area contributed by atoms with Crippen LogP contribution in [0.15, 0.2) is 0 Å². The molecular weight excluding hydrogens is 312 g/mol. The lowest BCUT2D eigenvalue weighted by Crippen LogP contribution is -2.73. The van der Waals surface area contributed by atoms with Crippen molar-refractivity contribution in [2.24, 2.45) is 23.7 Å². The van der Waals surface area contributed by atoms with E-state index < -0.39 is 34.6 Å². The summed E-state index contributed by atoms with van der Waals surface area (Å²) < 4.78 is 5.61. The van der Waals surface area contributed by atoms with E-state index in [4.69, 9.17) is 10.6 Å². The van der Waals surface area contributed by atoms with Crippen LogP contribution in [0, 0.1) is 17.8 Å². The number of esters is 1. The van der Waals surface area contributed by atoms with Crippen LogP contribution in [0.1, 0.15) is 52.9 Å². The van der Waals surface area contributed by atoms with Gasteiger partial charge in [0.2, 0.25) is 0 Å². The first-order valence-electron chi connectivity index (χ1n) is 8.67. The Kier molecular flexibility index (Phi) is 4.17. The minimum absolute atomic E-state index is 0.0781. The van der Waals surface area contributed by atoms with Crippen LogP contribution < -0.4 is 11.2 Å². The van der Waals surface area contributed by atoms with Crippen LogP contribution in [0.3, 0.4) is 0 Å². The predicted octanol–water partition coefficient (Wildman–Crippen LogP) is 0.644. The van der Waals surface area contributed by atoms with Crippen LogP contribution >= 0.6 is 0 Å². The van der Waals surface area contributed by atoms with Crippen LogP contribution in [-0.2, 0) is 19.2 Å². The second-order valence-corrected chi connectivity index (χ2v) is 8.85. The zero-order chi connectivity index (χ0) is 17.8. The van der Waals surface area contributed by atoms with Gasteiger partial charge in [-0.2, -0.15) is 5.90 Å². The van der Waals surface area contributed by atoms with Gasteiger partial charge >= 0.3 is 11.9 Å². The first-order chi connectivity index (χ1) is 11.1. The molecule has 0 saturated heterocycles. The summed E-state index contributed by atoms with van der Waals surface area (Å²) in [4.78, 5) is 28.6.